The molecule has 0 bridgehead atoms. The highest BCUT2D eigenvalue weighted by molar-refractivity contribution is 5.73. The molecule has 0 aromatic carbocycles. The van der Waals surface area contributed by atoms with Crippen LogP contribution in [-0.2, 0) is 4.79 Å². The molecule has 0 rings (SSSR count). The Labute approximate surface area is 54.3 Å². The Morgan fingerprint density at radius 1 is 1.78 bits per heavy atom. The standard InChI is InChI=1S/C5H11N3O/c1-3-6-4-7-8-5(2)9/h4H,3H2,1-2H3,(H,6,7)(H,8,9). The number of hydrazone groups is 1. The molecule has 0 atom stereocenters. The van der Waals surface area contributed by atoms with Crippen LogP contribution in [0.15, 0.2) is 5.10 Å². The molecule has 0 aromatic heterocycles. The summed E-state index contributed by atoms with van der Waals surface area (Å²) in [5.74, 6) is -0.163. The fourth-order valence-corrected chi connectivity index (χ4v) is 0.260. The summed E-state index contributed by atoms with van der Waals surface area (Å²) in [6, 6.07) is 0. The monoisotopic (exact) mass is 129 g/mol. The summed E-state index contributed by atoms with van der Waals surface area (Å²) < 4.78 is 0. The molecule has 0 aromatic rings. The van der Waals surface area contributed by atoms with Gasteiger partial charge in [-0.25, -0.2) is 5.43 Å². The van der Waals surface area contributed by atoms with Crippen LogP contribution in [0.2, 0.25) is 0 Å². The third-order valence-electron chi connectivity index (χ3n) is 0.582. The van der Waals surface area contributed by atoms with E-state index >= 15 is 0 Å². The maximum atomic E-state index is 10.2. The van der Waals surface area contributed by atoms with Crippen molar-refractivity contribution in [1.82, 2.24) is 10.7 Å². The minimum atomic E-state index is -0.163. The molecule has 0 saturated carbocycles. The van der Waals surface area contributed by atoms with Crippen molar-refractivity contribution in [2.24, 2.45) is 5.10 Å². The smallest absolute Gasteiger partial charge is 0.236 e. The van der Waals surface area contributed by atoms with Gasteiger partial charge in [-0.05, 0) is 6.92 Å². The van der Waals surface area contributed by atoms with E-state index in [0.717, 1.165) is 6.54 Å². The van der Waals surface area contributed by atoms with E-state index in [0.29, 0.717) is 0 Å². The van der Waals surface area contributed by atoms with Gasteiger partial charge in [-0.1, -0.05) is 0 Å². The van der Waals surface area contributed by atoms with Gasteiger partial charge in [0.2, 0.25) is 5.91 Å². The molecule has 4 nitrogen and oxygen atoms in total. The molecular formula is C5H11N3O. The number of hydrogen-bond acceptors (Lipinski definition) is 2. The molecule has 52 valence electrons. The lowest BCUT2D eigenvalue weighted by Crippen LogP contribution is -2.17. The van der Waals surface area contributed by atoms with Crippen molar-refractivity contribution >= 4 is 12.2 Å². The molecular weight excluding hydrogens is 118 g/mol. The zero-order valence-corrected chi connectivity index (χ0v) is 5.64. The minimum absolute atomic E-state index is 0.163. The average molecular weight is 129 g/mol. The van der Waals surface area contributed by atoms with E-state index < -0.39 is 0 Å². The second kappa shape index (κ2) is 5.08. The van der Waals surface area contributed by atoms with Crippen LogP contribution in [0.4, 0.5) is 0 Å². The van der Waals surface area contributed by atoms with E-state index in [1.165, 1.54) is 13.3 Å². The minimum Gasteiger partial charge on any atom is -0.375 e. The van der Waals surface area contributed by atoms with Gasteiger partial charge in [0.1, 0.15) is 6.34 Å². The summed E-state index contributed by atoms with van der Waals surface area (Å²) in [5, 5.41) is 6.32. The fraction of sp³-hybridized carbons (Fsp3) is 0.600. The summed E-state index contributed by atoms with van der Waals surface area (Å²) in [6.45, 7) is 4.16. The lowest BCUT2D eigenvalue weighted by molar-refractivity contribution is -0.118. The van der Waals surface area contributed by atoms with Crippen LogP contribution in [0.25, 0.3) is 0 Å². The first-order valence-electron chi connectivity index (χ1n) is 2.79. The van der Waals surface area contributed by atoms with E-state index in [-0.39, 0.29) is 5.91 Å². The largest absolute Gasteiger partial charge is 0.375 e. The van der Waals surface area contributed by atoms with Crippen molar-refractivity contribution in [3.63, 3.8) is 0 Å². The molecule has 0 fully saturated rings. The summed E-state index contributed by atoms with van der Waals surface area (Å²) in [4.78, 5) is 10.2. The van der Waals surface area contributed by atoms with Crippen LogP contribution in [-0.4, -0.2) is 18.8 Å². The van der Waals surface area contributed by atoms with Crippen molar-refractivity contribution < 1.29 is 4.79 Å². The van der Waals surface area contributed by atoms with Crippen LogP contribution in [0.5, 0.6) is 0 Å². The SMILES string of the molecule is CCN/C=N\NC(C)=O. The number of carbonyl (C=O) groups excluding carboxylic acids is 1. The second-order valence-electron chi connectivity index (χ2n) is 1.48. The maximum absolute atomic E-state index is 10.2. The van der Waals surface area contributed by atoms with Crippen LogP contribution in [0.1, 0.15) is 13.8 Å². The van der Waals surface area contributed by atoms with E-state index in [4.69, 9.17) is 0 Å². The van der Waals surface area contributed by atoms with Gasteiger partial charge in [0.05, 0.1) is 0 Å². The molecule has 0 radical (unpaired) electrons. The first-order valence-corrected chi connectivity index (χ1v) is 2.79. The predicted octanol–water partition coefficient (Wildman–Crippen LogP) is -0.325. The van der Waals surface area contributed by atoms with Gasteiger partial charge in [0, 0.05) is 13.5 Å². The topological polar surface area (TPSA) is 53.5 Å². The highest BCUT2D eigenvalue weighted by Gasteiger charge is 1.80. The molecule has 0 aliphatic carbocycles. The fourth-order valence-electron chi connectivity index (χ4n) is 0.260. The Bertz CT molecular complexity index is 111. The van der Waals surface area contributed by atoms with Gasteiger partial charge in [-0.2, -0.15) is 5.10 Å². The molecule has 9 heavy (non-hydrogen) atoms. The Hall–Kier alpha value is -1.06. The van der Waals surface area contributed by atoms with Crippen LogP contribution in [0, 0.1) is 0 Å². The normalized spacial score (nSPS) is 9.56. The summed E-state index contributed by atoms with van der Waals surface area (Å²) in [5.41, 5.74) is 2.25. The zero-order chi connectivity index (χ0) is 7.11. The van der Waals surface area contributed by atoms with Gasteiger partial charge in [-0.15, -0.1) is 0 Å². The van der Waals surface area contributed by atoms with Crippen LogP contribution >= 0.6 is 0 Å². The van der Waals surface area contributed by atoms with Gasteiger partial charge in [0.15, 0.2) is 0 Å². The Morgan fingerprint density at radius 2 is 2.44 bits per heavy atom. The third-order valence-corrected chi connectivity index (χ3v) is 0.582. The van der Waals surface area contributed by atoms with E-state index in [9.17, 15) is 4.79 Å². The molecule has 0 unspecified atom stereocenters. The van der Waals surface area contributed by atoms with E-state index in [1.807, 2.05) is 6.92 Å². The lowest BCUT2D eigenvalue weighted by Gasteiger charge is -1.91. The van der Waals surface area contributed by atoms with Crippen molar-refractivity contribution in [1.29, 1.82) is 0 Å². The van der Waals surface area contributed by atoms with Crippen LogP contribution < -0.4 is 10.7 Å². The lowest BCUT2D eigenvalue weighted by atomic mass is 10.8. The Kier molecular flexibility index (Phi) is 4.49. The highest BCUT2D eigenvalue weighted by atomic mass is 16.2. The van der Waals surface area contributed by atoms with Crippen molar-refractivity contribution in [3.05, 3.63) is 0 Å². The third kappa shape index (κ3) is 6.94. The molecule has 1 amide bonds. The Balaban J connectivity index is 3.14. The number of nitrogens with zero attached hydrogens (tertiary/aromatic N) is 1. The van der Waals surface area contributed by atoms with E-state index in [2.05, 4.69) is 15.8 Å². The maximum Gasteiger partial charge on any atom is 0.236 e. The molecule has 0 saturated heterocycles. The number of hydrogen-bond donors (Lipinski definition) is 2. The van der Waals surface area contributed by atoms with Crippen molar-refractivity contribution in [2.75, 3.05) is 6.54 Å². The zero-order valence-electron chi connectivity index (χ0n) is 5.64. The van der Waals surface area contributed by atoms with Gasteiger partial charge in [0.25, 0.3) is 0 Å². The predicted molar refractivity (Wildman–Crippen MR) is 36.0 cm³/mol. The van der Waals surface area contributed by atoms with Crippen molar-refractivity contribution in [2.45, 2.75) is 13.8 Å². The quantitative estimate of drug-likeness (QED) is 0.311. The number of nitrogens with one attached hydrogen (secondary N) is 2. The van der Waals surface area contributed by atoms with Crippen LogP contribution in [0.3, 0.4) is 0 Å². The molecule has 0 aliphatic heterocycles. The first-order chi connectivity index (χ1) is 4.27. The second-order valence-corrected chi connectivity index (χ2v) is 1.48. The van der Waals surface area contributed by atoms with E-state index in [1.54, 1.807) is 0 Å². The molecule has 2 N–H and O–H groups in total. The van der Waals surface area contributed by atoms with Gasteiger partial charge < -0.3 is 5.32 Å². The highest BCUT2D eigenvalue weighted by Crippen LogP contribution is 1.57. The summed E-state index contributed by atoms with van der Waals surface area (Å²) in [7, 11) is 0. The summed E-state index contributed by atoms with van der Waals surface area (Å²) in [6.07, 6.45) is 1.45. The van der Waals surface area contributed by atoms with Gasteiger partial charge in [-0.3, -0.25) is 4.79 Å². The number of carbonyl (C=O) groups is 1. The number of rotatable bonds is 3. The van der Waals surface area contributed by atoms with Gasteiger partial charge >= 0.3 is 0 Å². The Morgan fingerprint density at radius 3 is 2.89 bits per heavy atom. The molecule has 4 heteroatoms. The molecule has 0 spiro atoms. The molecule has 0 heterocycles. The molecule has 0 aliphatic rings. The van der Waals surface area contributed by atoms with Crippen molar-refractivity contribution in [3.8, 4) is 0 Å². The summed E-state index contributed by atoms with van der Waals surface area (Å²) >= 11 is 0. The average Bonchev–Trinajstić information content (AvgIpc) is 1.80. The number of amides is 1. The first kappa shape index (κ1) is 7.94.